The van der Waals surface area contributed by atoms with Crippen molar-refractivity contribution >= 4 is 23.0 Å². The summed E-state index contributed by atoms with van der Waals surface area (Å²) in [5, 5.41) is 4.21. The number of nitrogens with one attached hydrogen (secondary N) is 1. The molecule has 0 aliphatic carbocycles. The Kier molecular flexibility index (Phi) is 4.38. The molecule has 0 atom stereocenters. The van der Waals surface area contributed by atoms with Gasteiger partial charge in [0.15, 0.2) is 0 Å². The van der Waals surface area contributed by atoms with Crippen molar-refractivity contribution in [2.24, 2.45) is 0 Å². The number of halogens is 1. The maximum absolute atomic E-state index is 6.08. The molecule has 0 radical (unpaired) electrons. The van der Waals surface area contributed by atoms with Crippen LogP contribution in [0.3, 0.4) is 0 Å². The highest BCUT2D eigenvalue weighted by atomic mass is 35.5. The summed E-state index contributed by atoms with van der Waals surface area (Å²) in [7, 11) is 4.06. The third-order valence-corrected chi connectivity index (χ3v) is 3.40. The number of benzene rings is 1. The summed E-state index contributed by atoms with van der Waals surface area (Å²) in [6.45, 7) is 3.93. The highest BCUT2D eigenvalue weighted by Crippen LogP contribution is 2.28. The van der Waals surface area contributed by atoms with E-state index in [1.807, 2.05) is 32.3 Å². The van der Waals surface area contributed by atoms with E-state index in [9.17, 15) is 0 Å². The average molecular weight is 278 g/mol. The maximum atomic E-state index is 6.08. The zero-order valence-electron chi connectivity index (χ0n) is 11.7. The Morgan fingerprint density at radius 1 is 1.26 bits per heavy atom. The van der Waals surface area contributed by atoms with Crippen LogP contribution in [0.5, 0.6) is 0 Å². The van der Waals surface area contributed by atoms with Gasteiger partial charge in [-0.3, -0.25) is 0 Å². The van der Waals surface area contributed by atoms with Crippen LogP contribution in [0.2, 0.25) is 5.02 Å². The predicted molar refractivity (Wildman–Crippen MR) is 83.2 cm³/mol. The van der Waals surface area contributed by atoms with E-state index < -0.39 is 0 Å². The minimum absolute atomic E-state index is 0.749. The lowest BCUT2D eigenvalue weighted by atomic mass is 10.2. The molecule has 0 unspecified atom stereocenters. The molecule has 2 aromatic rings. The molecule has 1 aromatic carbocycles. The van der Waals surface area contributed by atoms with Gasteiger partial charge in [0.1, 0.15) is 0 Å². The second kappa shape index (κ2) is 6.02. The summed E-state index contributed by atoms with van der Waals surface area (Å²) >= 11 is 6.08. The van der Waals surface area contributed by atoms with E-state index in [4.69, 9.17) is 11.6 Å². The van der Waals surface area contributed by atoms with E-state index in [0.29, 0.717) is 0 Å². The van der Waals surface area contributed by atoms with Crippen LogP contribution in [-0.4, -0.2) is 18.7 Å². The zero-order valence-corrected chi connectivity index (χ0v) is 12.4. The molecular weight excluding hydrogens is 258 g/mol. The zero-order chi connectivity index (χ0) is 13.8. The summed E-state index contributed by atoms with van der Waals surface area (Å²) in [5.74, 6) is 0. The average Bonchev–Trinajstić information content (AvgIpc) is 2.83. The van der Waals surface area contributed by atoms with Gasteiger partial charge in [0.2, 0.25) is 0 Å². The molecule has 0 amide bonds. The highest BCUT2D eigenvalue weighted by Gasteiger charge is 2.06. The van der Waals surface area contributed by atoms with Crippen LogP contribution in [-0.2, 0) is 13.1 Å². The predicted octanol–water partition coefficient (Wildman–Crippen LogP) is 3.84. The fraction of sp³-hybridized carbons (Fsp3) is 0.333. The summed E-state index contributed by atoms with van der Waals surface area (Å²) in [4.78, 5) is 2.08. The second-order valence-electron chi connectivity index (χ2n) is 4.69. The molecule has 2 rings (SSSR count). The van der Waals surface area contributed by atoms with Gasteiger partial charge in [-0.2, -0.15) is 0 Å². The lowest BCUT2D eigenvalue weighted by Crippen LogP contribution is -2.13. The monoisotopic (exact) mass is 277 g/mol. The lowest BCUT2D eigenvalue weighted by Gasteiger charge is -2.19. The Balaban J connectivity index is 2.17. The molecule has 0 saturated heterocycles. The van der Waals surface area contributed by atoms with Gasteiger partial charge in [0, 0.05) is 37.6 Å². The normalized spacial score (nSPS) is 10.5. The quantitative estimate of drug-likeness (QED) is 0.896. The van der Waals surface area contributed by atoms with E-state index in [1.54, 1.807) is 0 Å². The molecule has 1 aromatic heterocycles. The van der Waals surface area contributed by atoms with Crippen molar-refractivity contribution in [2.45, 2.75) is 20.0 Å². The van der Waals surface area contributed by atoms with E-state index >= 15 is 0 Å². The molecule has 0 fully saturated rings. The molecule has 102 valence electrons. The van der Waals surface area contributed by atoms with Crippen molar-refractivity contribution in [1.82, 2.24) is 4.57 Å². The Bertz CT molecular complexity index is 546. The first-order chi connectivity index (χ1) is 9.11. The van der Waals surface area contributed by atoms with Crippen LogP contribution < -0.4 is 10.2 Å². The first kappa shape index (κ1) is 13.8. The van der Waals surface area contributed by atoms with Crippen LogP contribution in [0, 0.1) is 0 Å². The van der Waals surface area contributed by atoms with Gasteiger partial charge < -0.3 is 14.8 Å². The lowest BCUT2D eigenvalue weighted by molar-refractivity contribution is 0.724. The van der Waals surface area contributed by atoms with Crippen molar-refractivity contribution in [3.8, 4) is 0 Å². The van der Waals surface area contributed by atoms with E-state index in [1.165, 1.54) is 5.69 Å². The molecule has 0 saturated carbocycles. The summed E-state index contributed by atoms with van der Waals surface area (Å²) in [5.41, 5.74) is 3.47. The van der Waals surface area contributed by atoms with E-state index in [2.05, 4.69) is 40.0 Å². The SMILES string of the molecule is CCn1cccc1CNc1cc(Cl)ccc1N(C)C. The first-order valence-corrected chi connectivity index (χ1v) is 6.84. The first-order valence-electron chi connectivity index (χ1n) is 6.46. The van der Waals surface area contributed by atoms with Gasteiger partial charge >= 0.3 is 0 Å². The van der Waals surface area contributed by atoms with Crippen LogP contribution in [0.25, 0.3) is 0 Å². The standard InChI is InChI=1S/C15H20ClN3/c1-4-19-9-5-6-13(19)11-17-14-10-12(16)7-8-15(14)18(2)3/h5-10,17H,4,11H2,1-3H3. The minimum Gasteiger partial charge on any atom is -0.378 e. The summed E-state index contributed by atoms with van der Waals surface area (Å²) in [6, 6.07) is 10.1. The molecule has 3 nitrogen and oxygen atoms in total. The number of hydrogen-bond acceptors (Lipinski definition) is 2. The van der Waals surface area contributed by atoms with Crippen molar-refractivity contribution < 1.29 is 0 Å². The van der Waals surface area contributed by atoms with E-state index in [0.717, 1.165) is 29.5 Å². The van der Waals surface area contributed by atoms with Crippen LogP contribution in [0.4, 0.5) is 11.4 Å². The number of rotatable bonds is 5. The Hall–Kier alpha value is -1.61. The van der Waals surface area contributed by atoms with Gasteiger partial charge in [-0.05, 0) is 37.3 Å². The van der Waals surface area contributed by atoms with Gasteiger partial charge in [0.25, 0.3) is 0 Å². The number of hydrogen-bond donors (Lipinski definition) is 1. The number of aromatic nitrogens is 1. The summed E-state index contributed by atoms with van der Waals surface area (Å²) in [6.07, 6.45) is 2.10. The fourth-order valence-electron chi connectivity index (χ4n) is 2.14. The van der Waals surface area contributed by atoms with Gasteiger partial charge in [-0.1, -0.05) is 11.6 Å². The molecule has 0 bridgehead atoms. The molecule has 0 aliphatic rings. The van der Waals surface area contributed by atoms with Crippen LogP contribution >= 0.6 is 11.6 Å². The van der Waals surface area contributed by atoms with Crippen LogP contribution in [0.1, 0.15) is 12.6 Å². The third kappa shape index (κ3) is 3.24. The minimum atomic E-state index is 0.749. The van der Waals surface area contributed by atoms with Crippen molar-refractivity contribution in [3.05, 3.63) is 47.2 Å². The molecule has 0 aliphatic heterocycles. The molecule has 1 heterocycles. The van der Waals surface area contributed by atoms with Gasteiger partial charge in [-0.15, -0.1) is 0 Å². The molecular formula is C15H20ClN3. The number of anilines is 2. The molecule has 4 heteroatoms. The highest BCUT2D eigenvalue weighted by molar-refractivity contribution is 6.31. The maximum Gasteiger partial charge on any atom is 0.0597 e. The molecule has 0 spiro atoms. The largest absolute Gasteiger partial charge is 0.378 e. The van der Waals surface area contributed by atoms with E-state index in [-0.39, 0.29) is 0 Å². The fourth-order valence-corrected chi connectivity index (χ4v) is 2.32. The topological polar surface area (TPSA) is 20.2 Å². The molecule has 1 N–H and O–H groups in total. The second-order valence-corrected chi connectivity index (χ2v) is 5.13. The summed E-state index contributed by atoms with van der Waals surface area (Å²) < 4.78 is 2.23. The van der Waals surface area contributed by atoms with Crippen molar-refractivity contribution in [2.75, 3.05) is 24.3 Å². The van der Waals surface area contributed by atoms with Crippen molar-refractivity contribution in [3.63, 3.8) is 0 Å². The third-order valence-electron chi connectivity index (χ3n) is 3.16. The Labute approximate surface area is 119 Å². The number of nitrogens with zero attached hydrogens (tertiary/aromatic N) is 2. The Morgan fingerprint density at radius 2 is 2.05 bits per heavy atom. The van der Waals surface area contributed by atoms with Crippen LogP contribution in [0.15, 0.2) is 36.5 Å². The van der Waals surface area contributed by atoms with Gasteiger partial charge in [-0.25, -0.2) is 0 Å². The van der Waals surface area contributed by atoms with Gasteiger partial charge in [0.05, 0.1) is 17.9 Å². The Morgan fingerprint density at radius 3 is 2.74 bits per heavy atom. The number of aryl methyl sites for hydroxylation is 1. The van der Waals surface area contributed by atoms with Crippen molar-refractivity contribution in [1.29, 1.82) is 0 Å². The molecule has 19 heavy (non-hydrogen) atoms. The smallest absolute Gasteiger partial charge is 0.0597 e.